The number of rotatable bonds is 5. The molecule has 6 nitrogen and oxygen atoms in total. The van der Waals surface area contributed by atoms with E-state index in [9.17, 15) is 0 Å². The number of aromatic nitrogens is 4. The summed E-state index contributed by atoms with van der Waals surface area (Å²) >= 11 is 6.38. The fourth-order valence-electron chi connectivity index (χ4n) is 4.04. The zero-order valence-corrected chi connectivity index (χ0v) is 17.8. The molecule has 1 aliphatic carbocycles. The Morgan fingerprint density at radius 2 is 1.93 bits per heavy atom. The summed E-state index contributed by atoms with van der Waals surface area (Å²) in [5.41, 5.74) is 2.45. The zero-order valence-electron chi connectivity index (χ0n) is 17.0. The Morgan fingerprint density at radius 1 is 1.17 bits per heavy atom. The van der Waals surface area contributed by atoms with Gasteiger partial charge < -0.3 is 10.1 Å². The monoisotopic (exact) mass is 411 g/mol. The highest BCUT2D eigenvalue weighted by Crippen LogP contribution is 2.43. The molecule has 0 radical (unpaired) electrons. The van der Waals surface area contributed by atoms with Gasteiger partial charge in [0.05, 0.1) is 24.0 Å². The average Bonchev–Trinajstić information content (AvgIpc) is 3.23. The largest absolute Gasteiger partial charge is 0.495 e. The maximum Gasteiger partial charge on any atom is 0.181 e. The first-order valence-electron chi connectivity index (χ1n) is 9.99. The van der Waals surface area contributed by atoms with E-state index in [1.807, 2.05) is 54.1 Å². The molecule has 1 N–H and O–H groups in total. The number of methoxy groups -OCH3 is 1. The number of para-hydroxylation sites is 2. The fraction of sp³-hybridized carbons (Fsp3) is 0.409. The standard InChI is InChI=1S/C22H26ClN5O/c1-15-10-12-22(13-11-15,24-19-6-4-5-7-20(19)29-3)21-25-26-27-28(21)17-9-8-16(2)18(23)14-17/h4-9,14-15,24H,10-13H2,1-3H3. The van der Waals surface area contributed by atoms with Gasteiger partial charge in [0.25, 0.3) is 0 Å². The Hall–Kier alpha value is -2.60. The Labute approximate surface area is 176 Å². The molecular formula is C22H26ClN5O. The van der Waals surface area contributed by atoms with Crippen molar-refractivity contribution < 1.29 is 4.74 Å². The van der Waals surface area contributed by atoms with E-state index in [-0.39, 0.29) is 5.54 Å². The van der Waals surface area contributed by atoms with E-state index in [0.717, 1.165) is 54.2 Å². The molecule has 1 fully saturated rings. The van der Waals surface area contributed by atoms with Crippen molar-refractivity contribution in [2.45, 2.75) is 45.1 Å². The van der Waals surface area contributed by atoms with Gasteiger partial charge in [0.2, 0.25) is 0 Å². The number of ether oxygens (including phenoxy) is 1. The van der Waals surface area contributed by atoms with Gasteiger partial charge in [0, 0.05) is 5.02 Å². The summed E-state index contributed by atoms with van der Waals surface area (Å²) in [5.74, 6) is 2.29. The number of anilines is 1. The third-order valence-corrected chi connectivity index (χ3v) is 6.31. The summed E-state index contributed by atoms with van der Waals surface area (Å²) < 4.78 is 7.38. The molecule has 0 bridgehead atoms. The van der Waals surface area contributed by atoms with Crippen LogP contribution in [-0.4, -0.2) is 27.3 Å². The van der Waals surface area contributed by atoms with Crippen molar-refractivity contribution in [1.29, 1.82) is 0 Å². The fourth-order valence-corrected chi connectivity index (χ4v) is 4.21. The summed E-state index contributed by atoms with van der Waals surface area (Å²) in [6.07, 6.45) is 4.08. The Morgan fingerprint density at radius 3 is 2.66 bits per heavy atom. The molecule has 1 aromatic heterocycles. The molecule has 3 aromatic rings. The summed E-state index contributed by atoms with van der Waals surface area (Å²) in [4.78, 5) is 0. The van der Waals surface area contributed by atoms with Crippen LogP contribution in [0.5, 0.6) is 5.75 Å². The van der Waals surface area contributed by atoms with Crippen LogP contribution in [0.4, 0.5) is 5.69 Å². The molecule has 1 aliphatic rings. The van der Waals surface area contributed by atoms with Crippen LogP contribution in [0.2, 0.25) is 5.02 Å². The summed E-state index contributed by atoms with van der Waals surface area (Å²) in [6.45, 7) is 4.29. The molecule has 7 heteroatoms. The van der Waals surface area contributed by atoms with Crippen LogP contribution in [0.15, 0.2) is 42.5 Å². The maximum atomic E-state index is 6.38. The zero-order chi connectivity index (χ0) is 20.4. The van der Waals surface area contributed by atoms with Crippen LogP contribution in [0.1, 0.15) is 44.0 Å². The molecular weight excluding hydrogens is 386 g/mol. The predicted molar refractivity (Wildman–Crippen MR) is 115 cm³/mol. The Bertz CT molecular complexity index is 994. The topological polar surface area (TPSA) is 64.9 Å². The van der Waals surface area contributed by atoms with E-state index < -0.39 is 0 Å². The highest BCUT2D eigenvalue weighted by Gasteiger charge is 2.41. The molecule has 1 heterocycles. The minimum atomic E-state index is -0.387. The second-order valence-electron chi connectivity index (χ2n) is 7.94. The summed E-state index contributed by atoms with van der Waals surface area (Å²) in [5, 5.41) is 17.3. The number of benzene rings is 2. The molecule has 0 unspecified atom stereocenters. The van der Waals surface area contributed by atoms with Gasteiger partial charge in [0.1, 0.15) is 5.75 Å². The minimum Gasteiger partial charge on any atom is -0.495 e. The van der Waals surface area contributed by atoms with Gasteiger partial charge in [-0.3, -0.25) is 0 Å². The molecule has 0 amide bonds. The molecule has 0 aliphatic heterocycles. The van der Waals surface area contributed by atoms with Crippen LogP contribution >= 0.6 is 11.6 Å². The van der Waals surface area contributed by atoms with Gasteiger partial charge in [-0.05, 0) is 78.8 Å². The van der Waals surface area contributed by atoms with E-state index >= 15 is 0 Å². The van der Waals surface area contributed by atoms with Crippen LogP contribution in [0.25, 0.3) is 5.69 Å². The first-order chi connectivity index (χ1) is 14.0. The van der Waals surface area contributed by atoms with E-state index in [2.05, 4.69) is 27.8 Å². The number of aryl methyl sites for hydroxylation is 1. The Balaban J connectivity index is 1.79. The van der Waals surface area contributed by atoms with Crippen molar-refractivity contribution in [2.24, 2.45) is 5.92 Å². The number of tetrazole rings is 1. The summed E-state index contributed by atoms with van der Waals surface area (Å²) in [7, 11) is 1.69. The number of hydrogen-bond donors (Lipinski definition) is 1. The quantitative estimate of drug-likeness (QED) is 0.628. The van der Waals surface area contributed by atoms with E-state index in [4.69, 9.17) is 16.3 Å². The second kappa shape index (κ2) is 8.03. The Kier molecular flexibility index (Phi) is 5.46. The average molecular weight is 412 g/mol. The number of hydrogen-bond acceptors (Lipinski definition) is 5. The molecule has 0 spiro atoms. The SMILES string of the molecule is COc1ccccc1NC1(c2nnnn2-c2ccc(C)c(Cl)c2)CCC(C)CC1. The number of nitrogens with one attached hydrogen (secondary N) is 1. The lowest BCUT2D eigenvalue weighted by Gasteiger charge is -2.40. The molecule has 29 heavy (non-hydrogen) atoms. The lowest BCUT2D eigenvalue weighted by molar-refractivity contribution is 0.254. The van der Waals surface area contributed by atoms with Gasteiger partial charge >= 0.3 is 0 Å². The second-order valence-corrected chi connectivity index (χ2v) is 8.34. The van der Waals surface area contributed by atoms with Gasteiger partial charge in [0.15, 0.2) is 5.82 Å². The normalized spacial score (nSPS) is 21.7. The first kappa shape index (κ1) is 19.7. The minimum absolute atomic E-state index is 0.387. The van der Waals surface area contributed by atoms with Crippen LogP contribution in [-0.2, 0) is 5.54 Å². The third-order valence-electron chi connectivity index (χ3n) is 5.91. The van der Waals surface area contributed by atoms with E-state index in [0.29, 0.717) is 10.9 Å². The molecule has 4 rings (SSSR count). The van der Waals surface area contributed by atoms with Crippen molar-refractivity contribution in [3.05, 3.63) is 58.9 Å². The van der Waals surface area contributed by atoms with Crippen LogP contribution in [0.3, 0.4) is 0 Å². The van der Waals surface area contributed by atoms with Crippen molar-refractivity contribution >= 4 is 17.3 Å². The van der Waals surface area contributed by atoms with Crippen molar-refractivity contribution in [1.82, 2.24) is 20.2 Å². The smallest absolute Gasteiger partial charge is 0.181 e. The van der Waals surface area contributed by atoms with Crippen molar-refractivity contribution in [3.63, 3.8) is 0 Å². The van der Waals surface area contributed by atoms with Crippen LogP contribution < -0.4 is 10.1 Å². The molecule has 2 aromatic carbocycles. The molecule has 1 saturated carbocycles. The summed E-state index contributed by atoms with van der Waals surface area (Å²) in [6, 6.07) is 13.9. The first-order valence-corrected chi connectivity index (χ1v) is 10.4. The van der Waals surface area contributed by atoms with Crippen LogP contribution in [0, 0.1) is 12.8 Å². The lowest BCUT2D eigenvalue weighted by Crippen LogP contribution is -2.41. The number of halogens is 1. The van der Waals surface area contributed by atoms with Gasteiger partial charge in [-0.25, -0.2) is 0 Å². The maximum absolute atomic E-state index is 6.38. The molecule has 152 valence electrons. The third kappa shape index (κ3) is 3.81. The molecule has 0 saturated heterocycles. The highest BCUT2D eigenvalue weighted by atomic mass is 35.5. The predicted octanol–water partition coefficient (Wildman–Crippen LogP) is 5.15. The van der Waals surface area contributed by atoms with Crippen molar-refractivity contribution in [2.75, 3.05) is 12.4 Å². The van der Waals surface area contributed by atoms with Gasteiger partial charge in [-0.1, -0.05) is 36.7 Å². The van der Waals surface area contributed by atoms with E-state index in [1.54, 1.807) is 7.11 Å². The molecule has 0 atom stereocenters. The number of nitrogens with zero attached hydrogens (tertiary/aromatic N) is 4. The van der Waals surface area contributed by atoms with E-state index in [1.165, 1.54) is 0 Å². The highest BCUT2D eigenvalue weighted by molar-refractivity contribution is 6.31. The van der Waals surface area contributed by atoms with Gasteiger partial charge in [-0.2, -0.15) is 4.68 Å². The van der Waals surface area contributed by atoms with Crippen molar-refractivity contribution in [3.8, 4) is 11.4 Å². The lowest BCUT2D eigenvalue weighted by atomic mass is 9.76. The van der Waals surface area contributed by atoms with Gasteiger partial charge in [-0.15, -0.1) is 5.10 Å².